The van der Waals surface area contributed by atoms with Crippen LogP contribution >= 0.6 is 11.3 Å². The van der Waals surface area contributed by atoms with E-state index in [1.54, 1.807) is 25.5 Å². The first kappa shape index (κ1) is 14.2. The topological polar surface area (TPSA) is 92.1 Å². The van der Waals surface area contributed by atoms with Crippen LogP contribution < -0.4 is 5.73 Å². The largest absolute Gasteiger partial charge is 0.347 e. The van der Waals surface area contributed by atoms with Crippen molar-refractivity contribution in [2.24, 2.45) is 5.73 Å². The van der Waals surface area contributed by atoms with Gasteiger partial charge in [0, 0.05) is 24.3 Å². The molecule has 3 N–H and O–H groups in total. The molecule has 0 saturated carbocycles. The molecule has 0 amide bonds. The van der Waals surface area contributed by atoms with Crippen LogP contribution in [0.5, 0.6) is 0 Å². The summed E-state index contributed by atoms with van der Waals surface area (Å²) in [6, 6.07) is 3.44. The molecule has 0 aliphatic carbocycles. The highest BCUT2D eigenvalue weighted by atomic mass is 32.2. The second-order valence-corrected chi connectivity index (χ2v) is 7.50. The van der Waals surface area contributed by atoms with Gasteiger partial charge in [0.25, 0.3) is 10.0 Å². The highest BCUT2D eigenvalue weighted by Gasteiger charge is 2.23. The molecular weight excluding hydrogens is 284 g/mol. The molecular formula is C11H16N4O2S2. The number of sulfonamides is 1. The first-order chi connectivity index (χ1) is 9.04. The summed E-state index contributed by atoms with van der Waals surface area (Å²) in [5.41, 5.74) is 5.46. The van der Waals surface area contributed by atoms with E-state index in [1.807, 2.05) is 6.07 Å². The smallest absolute Gasteiger partial charge is 0.252 e. The molecule has 2 heterocycles. The summed E-state index contributed by atoms with van der Waals surface area (Å²) >= 11 is 1.27. The maximum absolute atomic E-state index is 12.3. The number of nitrogens with zero attached hydrogens (tertiary/aromatic N) is 2. The van der Waals surface area contributed by atoms with E-state index in [2.05, 4.69) is 9.97 Å². The van der Waals surface area contributed by atoms with Crippen LogP contribution in [0.1, 0.15) is 10.7 Å². The first-order valence-electron chi connectivity index (χ1n) is 5.77. The van der Waals surface area contributed by atoms with Gasteiger partial charge in [0.15, 0.2) is 0 Å². The lowest BCUT2D eigenvalue weighted by molar-refractivity contribution is 0.460. The van der Waals surface area contributed by atoms with Crippen LogP contribution in [-0.4, -0.2) is 36.3 Å². The third kappa shape index (κ3) is 3.21. The fraction of sp³-hybridized carbons (Fsp3) is 0.364. The molecule has 0 spiro atoms. The SMILES string of the molecule is CN(Cc1ncc[nH]1)S(=O)(=O)c1ccc(CCN)s1. The predicted molar refractivity (Wildman–Crippen MR) is 74.3 cm³/mol. The molecule has 0 fully saturated rings. The summed E-state index contributed by atoms with van der Waals surface area (Å²) in [4.78, 5) is 7.89. The van der Waals surface area contributed by atoms with Crippen molar-refractivity contribution >= 4 is 21.4 Å². The molecule has 2 aromatic rings. The molecule has 2 aromatic heterocycles. The first-order valence-corrected chi connectivity index (χ1v) is 8.03. The van der Waals surface area contributed by atoms with Crippen molar-refractivity contribution in [1.29, 1.82) is 0 Å². The summed E-state index contributed by atoms with van der Waals surface area (Å²) < 4.78 is 26.3. The van der Waals surface area contributed by atoms with Gasteiger partial charge in [-0.25, -0.2) is 13.4 Å². The van der Waals surface area contributed by atoms with Crippen molar-refractivity contribution in [3.8, 4) is 0 Å². The van der Waals surface area contributed by atoms with Crippen molar-refractivity contribution in [2.75, 3.05) is 13.6 Å². The highest BCUT2D eigenvalue weighted by molar-refractivity contribution is 7.91. The zero-order chi connectivity index (χ0) is 13.9. The monoisotopic (exact) mass is 300 g/mol. The van der Waals surface area contributed by atoms with E-state index < -0.39 is 10.0 Å². The summed E-state index contributed by atoms with van der Waals surface area (Å²) in [5.74, 6) is 0.616. The third-order valence-electron chi connectivity index (χ3n) is 2.62. The Morgan fingerprint density at radius 1 is 1.47 bits per heavy atom. The Bertz CT molecular complexity index is 619. The number of rotatable bonds is 6. The Kier molecular flexibility index (Phi) is 4.35. The fourth-order valence-corrected chi connectivity index (χ4v) is 4.32. The third-order valence-corrected chi connectivity index (χ3v) is 6.04. The zero-order valence-corrected chi connectivity index (χ0v) is 12.2. The Hall–Kier alpha value is -1.22. The van der Waals surface area contributed by atoms with Crippen molar-refractivity contribution in [3.63, 3.8) is 0 Å². The summed E-state index contributed by atoms with van der Waals surface area (Å²) in [6.07, 6.45) is 3.96. The Morgan fingerprint density at radius 3 is 2.89 bits per heavy atom. The van der Waals surface area contributed by atoms with Gasteiger partial charge in [0.2, 0.25) is 0 Å². The average molecular weight is 300 g/mol. The second-order valence-electron chi connectivity index (χ2n) is 4.06. The lowest BCUT2D eigenvalue weighted by atomic mass is 10.3. The summed E-state index contributed by atoms with van der Waals surface area (Å²) in [5, 5.41) is 0. The molecule has 2 rings (SSSR count). The van der Waals surface area contributed by atoms with Gasteiger partial charge in [-0.1, -0.05) is 0 Å². The van der Waals surface area contributed by atoms with E-state index in [9.17, 15) is 8.42 Å². The van der Waals surface area contributed by atoms with Gasteiger partial charge in [0.05, 0.1) is 6.54 Å². The van der Waals surface area contributed by atoms with Crippen molar-refractivity contribution in [3.05, 3.63) is 35.2 Å². The minimum atomic E-state index is -3.46. The van der Waals surface area contributed by atoms with E-state index in [0.29, 0.717) is 23.0 Å². The number of imidazole rings is 1. The Morgan fingerprint density at radius 2 is 2.26 bits per heavy atom. The van der Waals surface area contributed by atoms with Crippen molar-refractivity contribution in [2.45, 2.75) is 17.2 Å². The van der Waals surface area contributed by atoms with Gasteiger partial charge in [0.1, 0.15) is 10.0 Å². The molecule has 0 unspecified atom stereocenters. The van der Waals surface area contributed by atoms with Crippen molar-refractivity contribution < 1.29 is 8.42 Å². The van der Waals surface area contributed by atoms with Gasteiger partial charge < -0.3 is 10.7 Å². The number of nitrogens with one attached hydrogen (secondary N) is 1. The fourth-order valence-electron chi connectivity index (χ4n) is 1.61. The Labute approximate surface area is 116 Å². The van der Waals surface area contributed by atoms with Crippen LogP contribution in [0.3, 0.4) is 0 Å². The molecule has 19 heavy (non-hydrogen) atoms. The lowest BCUT2D eigenvalue weighted by Gasteiger charge is -2.14. The zero-order valence-electron chi connectivity index (χ0n) is 10.5. The molecule has 0 aliphatic rings. The quantitative estimate of drug-likeness (QED) is 0.825. The maximum Gasteiger partial charge on any atom is 0.252 e. The number of aromatic amines is 1. The van der Waals surface area contributed by atoms with Crippen LogP contribution in [0.15, 0.2) is 28.7 Å². The minimum Gasteiger partial charge on any atom is -0.347 e. The molecule has 8 heteroatoms. The van der Waals surface area contributed by atoms with Crippen LogP contribution in [0.25, 0.3) is 0 Å². The summed E-state index contributed by atoms with van der Waals surface area (Å²) in [6.45, 7) is 0.738. The predicted octanol–water partition coefficient (Wildman–Crippen LogP) is 0.793. The van der Waals surface area contributed by atoms with Gasteiger partial charge in [-0.3, -0.25) is 0 Å². The molecule has 0 aliphatic heterocycles. The van der Waals surface area contributed by atoms with Gasteiger partial charge >= 0.3 is 0 Å². The van der Waals surface area contributed by atoms with Gasteiger partial charge in [-0.05, 0) is 25.1 Å². The van der Waals surface area contributed by atoms with E-state index >= 15 is 0 Å². The highest BCUT2D eigenvalue weighted by Crippen LogP contribution is 2.25. The lowest BCUT2D eigenvalue weighted by Crippen LogP contribution is -2.26. The van der Waals surface area contributed by atoms with Gasteiger partial charge in [-0.15, -0.1) is 11.3 Å². The molecule has 104 valence electrons. The van der Waals surface area contributed by atoms with E-state index in [1.165, 1.54) is 15.6 Å². The molecule has 0 atom stereocenters. The van der Waals surface area contributed by atoms with E-state index in [4.69, 9.17) is 5.73 Å². The number of hydrogen-bond donors (Lipinski definition) is 2. The normalized spacial score (nSPS) is 12.2. The van der Waals surface area contributed by atoms with E-state index in [-0.39, 0.29) is 6.54 Å². The molecule has 0 saturated heterocycles. The number of H-pyrrole nitrogens is 1. The van der Waals surface area contributed by atoms with Crippen LogP contribution in [0.4, 0.5) is 0 Å². The number of thiophene rings is 1. The molecule has 0 radical (unpaired) electrons. The van der Waals surface area contributed by atoms with Crippen LogP contribution in [-0.2, 0) is 23.0 Å². The maximum atomic E-state index is 12.3. The Balaban J connectivity index is 2.16. The van der Waals surface area contributed by atoms with Crippen molar-refractivity contribution in [1.82, 2.24) is 14.3 Å². The number of nitrogens with two attached hydrogens (primary N) is 1. The summed E-state index contributed by atoms with van der Waals surface area (Å²) in [7, 11) is -1.92. The van der Waals surface area contributed by atoms with E-state index in [0.717, 1.165) is 4.88 Å². The van der Waals surface area contributed by atoms with Crippen LogP contribution in [0, 0.1) is 0 Å². The minimum absolute atomic E-state index is 0.222. The molecule has 6 nitrogen and oxygen atoms in total. The second kappa shape index (κ2) is 5.83. The molecule has 0 bridgehead atoms. The molecule has 0 aromatic carbocycles. The standard InChI is InChI=1S/C11H16N4O2S2/c1-15(8-10-13-6-7-14-10)19(16,17)11-3-2-9(18-11)4-5-12/h2-3,6-7H,4-5,8,12H2,1H3,(H,13,14). The van der Waals surface area contributed by atoms with Crippen LogP contribution in [0.2, 0.25) is 0 Å². The number of hydrogen-bond acceptors (Lipinski definition) is 5. The average Bonchev–Trinajstić information content (AvgIpc) is 3.00. The van der Waals surface area contributed by atoms with Gasteiger partial charge in [-0.2, -0.15) is 4.31 Å². The number of aromatic nitrogens is 2.